The highest BCUT2D eigenvalue weighted by atomic mass is 16.5. The average Bonchev–Trinajstić information content (AvgIpc) is 2.88. The van der Waals surface area contributed by atoms with E-state index in [1.54, 1.807) is 14.0 Å². The number of benzene rings is 2. The first kappa shape index (κ1) is 24.7. The van der Waals surface area contributed by atoms with Gasteiger partial charge in [0.1, 0.15) is 0 Å². The standard InChI is InChI=1S/C30H35N3O2/c1-21-23(12-9-13-27(21)24-10-5-4-6-11-24)16-18-26-19-17-25(30(33-26)35-3)20-31-28-14-7-8-15-29(28)32-22(2)34/h4-6,9-13,16-19,28-29,31H,7-8,14-15,20H2,1-3H3,(H,32,34)/b18-16+. The first-order valence-electron chi connectivity index (χ1n) is 12.4. The predicted octanol–water partition coefficient (Wildman–Crippen LogP) is 5.77. The Morgan fingerprint density at radius 2 is 1.77 bits per heavy atom. The smallest absolute Gasteiger partial charge is 0.218 e. The monoisotopic (exact) mass is 469 g/mol. The molecule has 35 heavy (non-hydrogen) atoms. The largest absolute Gasteiger partial charge is 0.481 e. The summed E-state index contributed by atoms with van der Waals surface area (Å²) in [4.78, 5) is 16.3. The zero-order valence-corrected chi connectivity index (χ0v) is 20.9. The Morgan fingerprint density at radius 1 is 1.00 bits per heavy atom. The number of hydrogen-bond donors (Lipinski definition) is 2. The number of methoxy groups -OCH3 is 1. The molecule has 1 heterocycles. The number of nitrogens with zero attached hydrogens (tertiary/aromatic N) is 1. The summed E-state index contributed by atoms with van der Waals surface area (Å²) in [5.41, 5.74) is 6.72. The number of carbonyl (C=O) groups excluding carboxylic acids is 1. The van der Waals surface area contributed by atoms with Crippen molar-refractivity contribution in [1.82, 2.24) is 15.6 Å². The van der Waals surface area contributed by atoms with Crippen LogP contribution in [0.3, 0.4) is 0 Å². The predicted molar refractivity (Wildman–Crippen MR) is 143 cm³/mol. The topological polar surface area (TPSA) is 63.2 Å². The number of amides is 1. The van der Waals surface area contributed by atoms with Crippen LogP contribution in [0.5, 0.6) is 5.88 Å². The Labute approximate surface area is 208 Å². The van der Waals surface area contributed by atoms with E-state index in [1.807, 2.05) is 18.2 Å². The zero-order valence-electron chi connectivity index (χ0n) is 20.9. The quantitative estimate of drug-likeness (QED) is 0.439. The molecule has 1 saturated carbocycles. The van der Waals surface area contributed by atoms with Gasteiger partial charge in [0.25, 0.3) is 0 Å². The van der Waals surface area contributed by atoms with E-state index < -0.39 is 0 Å². The van der Waals surface area contributed by atoms with Gasteiger partial charge in [-0.15, -0.1) is 0 Å². The molecule has 0 bridgehead atoms. The molecule has 0 spiro atoms. The Kier molecular flexibility index (Phi) is 8.32. The summed E-state index contributed by atoms with van der Waals surface area (Å²) in [5.74, 6) is 0.657. The molecule has 1 aromatic heterocycles. The van der Waals surface area contributed by atoms with Gasteiger partial charge >= 0.3 is 0 Å². The number of nitrogens with one attached hydrogen (secondary N) is 2. The third-order valence-electron chi connectivity index (χ3n) is 6.76. The molecule has 1 amide bonds. The van der Waals surface area contributed by atoms with Gasteiger partial charge in [0, 0.05) is 31.1 Å². The summed E-state index contributed by atoms with van der Waals surface area (Å²) < 4.78 is 5.62. The van der Waals surface area contributed by atoms with Gasteiger partial charge < -0.3 is 15.4 Å². The lowest BCUT2D eigenvalue weighted by molar-refractivity contribution is -0.120. The summed E-state index contributed by atoms with van der Waals surface area (Å²) in [5, 5.41) is 6.72. The van der Waals surface area contributed by atoms with E-state index in [1.165, 1.54) is 28.7 Å². The average molecular weight is 470 g/mol. The second-order valence-electron chi connectivity index (χ2n) is 9.20. The molecule has 182 valence electrons. The number of hydrogen-bond acceptors (Lipinski definition) is 4. The van der Waals surface area contributed by atoms with E-state index in [0.717, 1.165) is 30.5 Å². The molecule has 5 nitrogen and oxygen atoms in total. The summed E-state index contributed by atoms with van der Waals surface area (Å²) in [6.07, 6.45) is 8.55. The van der Waals surface area contributed by atoms with Crippen LogP contribution in [0.4, 0.5) is 0 Å². The van der Waals surface area contributed by atoms with Gasteiger partial charge in [0.2, 0.25) is 11.8 Å². The fourth-order valence-corrected chi connectivity index (χ4v) is 4.88. The van der Waals surface area contributed by atoms with Crippen molar-refractivity contribution in [2.45, 2.75) is 58.2 Å². The molecular formula is C30H35N3O2. The lowest BCUT2D eigenvalue weighted by Gasteiger charge is -2.32. The number of pyridine rings is 1. The Balaban J connectivity index is 1.46. The summed E-state index contributed by atoms with van der Waals surface area (Å²) >= 11 is 0. The lowest BCUT2D eigenvalue weighted by Crippen LogP contribution is -2.50. The minimum absolute atomic E-state index is 0.0311. The number of rotatable bonds is 8. The van der Waals surface area contributed by atoms with Crippen molar-refractivity contribution in [3.05, 3.63) is 83.0 Å². The van der Waals surface area contributed by atoms with Crippen LogP contribution in [0.1, 0.15) is 55.0 Å². The van der Waals surface area contributed by atoms with E-state index in [9.17, 15) is 4.79 Å². The molecule has 1 fully saturated rings. The van der Waals surface area contributed by atoms with Crippen molar-refractivity contribution >= 4 is 18.1 Å². The molecular weight excluding hydrogens is 434 g/mol. The summed E-state index contributed by atoms with van der Waals surface area (Å²) in [6.45, 7) is 4.40. The van der Waals surface area contributed by atoms with Crippen molar-refractivity contribution in [3.63, 3.8) is 0 Å². The van der Waals surface area contributed by atoms with E-state index in [4.69, 9.17) is 9.72 Å². The van der Waals surface area contributed by atoms with Crippen LogP contribution in [0.15, 0.2) is 60.7 Å². The molecule has 2 unspecified atom stereocenters. The van der Waals surface area contributed by atoms with Crippen molar-refractivity contribution in [2.75, 3.05) is 7.11 Å². The zero-order chi connectivity index (χ0) is 24.6. The van der Waals surface area contributed by atoms with Crippen LogP contribution < -0.4 is 15.4 Å². The molecule has 0 aliphatic heterocycles. The Bertz CT molecular complexity index is 1170. The summed E-state index contributed by atoms with van der Waals surface area (Å²) in [6, 6.07) is 21.4. The molecule has 4 rings (SSSR count). The van der Waals surface area contributed by atoms with E-state index in [2.05, 4.69) is 72.2 Å². The third-order valence-corrected chi connectivity index (χ3v) is 6.76. The molecule has 0 saturated heterocycles. The molecule has 2 atom stereocenters. The first-order valence-corrected chi connectivity index (χ1v) is 12.4. The first-order chi connectivity index (χ1) is 17.0. The van der Waals surface area contributed by atoms with E-state index in [0.29, 0.717) is 12.4 Å². The van der Waals surface area contributed by atoms with Gasteiger partial charge in [-0.2, -0.15) is 0 Å². The van der Waals surface area contributed by atoms with Crippen LogP contribution in [0, 0.1) is 6.92 Å². The highest BCUT2D eigenvalue weighted by molar-refractivity contribution is 5.77. The van der Waals surface area contributed by atoms with Crippen molar-refractivity contribution in [2.24, 2.45) is 0 Å². The molecule has 2 N–H and O–H groups in total. The molecule has 1 aliphatic carbocycles. The van der Waals surface area contributed by atoms with Crippen molar-refractivity contribution in [3.8, 4) is 17.0 Å². The Morgan fingerprint density at radius 3 is 2.51 bits per heavy atom. The van der Waals surface area contributed by atoms with Gasteiger partial charge in [-0.3, -0.25) is 4.79 Å². The minimum atomic E-state index is 0.0311. The van der Waals surface area contributed by atoms with E-state index in [-0.39, 0.29) is 18.0 Å². The third kappa shape index (κ3) is 6.37. The summed E-state index contributed by atoms with van der Waals surface area (Å²) in [7, 11) is 1.66. The maximum Gasteiger partial charge on any atom is 0.218 e. The minimum Gasteiger partial charge on any atom is -0.481 e. The number of carbonyl (C=O) groups is 1. The normalized spacial score (nSPS) is 17.9. The lowest BCUT2D eigenvalue weighted by atomic mass is 9.90. The SMILES string of the molecule is COc1nc(/C=C/c2cccc(-c3ccccc3)c2C)ccc1CNC1CCCCC1NC(C)=O. The fourth-order valence-electron chi connectivity index (χ4n) is 4.88. The number of aromatic nitrogens is 1. The van der Waals surface area contributed by atoms with Gasteiger partial charge in [-0.25, -0.2) is 4.98 Å². The second kappa shape index (κ2) is 11.8. The highest BCUT2D eigenvalue weighted by Crippen LogP contribution is 2.27. The van der Waals surface area contributed by atoms with Crippen molar-refractivity contribution < 1.29 is 9.53 Å². The molecule has 5 heteroatoms. The second-order valence-corrected chi connectivity index (χ2v) is 9.20. The maximum absolute atomic E-state index is 11.6. The maximum atomic E-state index is 11.6. The Hall–Kier alpha value is -3.44. The van der Waals surface area contributed by atoms with Crippen LogP contribution in [-0.4, -0.2) is 30.1 Å². The van der Waals surface area contributed by atoms with Crippen LogP contribution in [-0.2, 0) is 11.3 Å². The fraction of sp³-hybridized carbons (Fsp3) is 0.333. The molecule has 1 aliphatic rings. The van der Waals surface area contributed by atoms with Gasteiger partial charge in [0.15, 0.2) is 0 Å². The van der Waals surface area contributed by atoms with Crippen LogP contribution in [0.2, 0.25) is 0 Å². The van der Waals surface area contributed by atoms with Gasteiger partial charge in [-0.1, -0.05) is 73.5 Å². The van der Waals surface area contributed by atoms with Crippen LogP contribution >= 0.6 is 0 Å². The van der Waals surface area contributed by atoms with Gasteiger partial charge in [-0.05, 0) is 54.2 Å². The van der Waals surface area contributed by atoms with Crippen molar-refractivity contribution in [1.29, 1.82) is 0 Å². The molecule has 0 radical (unpaired) electrons. The number of ether oxygens (including phenoxy) is 1. The molecule has 2 aromatic carbocycles. The van der Waals surface area contributed by atoms with Gasteiger partial charge in [0.05, 0.1) is 12.8 Å². The highest BCUT2D eigenvalue weighted by Gasteiger charge is 2.25. The molecule has 3 aromatic rings. The van der Waals surface area contributed by atoms with E-state index >= 15 is 0 Å². The van der Waals surface area contributed by atoms with Crippen LogP contribution in [0.25, 0.3) is 23.3 Å².